The Hall–Kier alpha value is -1.18. The first-order valence-corrected chi connectivity index (χ1v) is 8.16. The molecular formula is C13H21N3O3S. The maximum absolute atomic E-state index is 12.5. The molecule has 1 N–H and O–H groups in total. The van der Waals surface area contributed by atoms with Gasteiger partial charge in [-0.1, -0.05) is 0 Å². The van der Waals surface area contributed by atoms with E-state index in [4.69, 9.17) is 4.74 Å². The monoisotopic (exact) mass is 299 g/mol. The number of hydrogen-bond acceptors (Lipinski definition) is 5. The Morgan fingerprint density at radius 2 is 2.15 bits per heavy atom. The summed E-state index contributed by atoms with van der Waals surface area (Å²) in [5.74, 6) is 0.916. The molecule has 0 saturated carbocycles. The molecule has 0 aliphatic carbocycles. The molecule has 1 aromatic heterocycles. The first-order chi connectivity index (χ1) is 9.54. The normalized spacial score (nSPS) is 17.4. The number of nitrogens with one attached hydrogen (secondary N) is 1. The molecule has 112 valence electrons. The lowest BCUT2D eigenvalue weighted by molar-refractivity contribution is 0.0620. The Morgan fingerprint density at radius 3 is 2.80 bits per heavy atom. The fourth-order valence-electron chi connectivity index (χ4n) is 2.28. The minimum atomic E-state index is -3.46. The largest absolute Gasteiger partial charge is 0.381 e. The van der Waals surface area contributed by atoms with Crippen LogP contribution in [0.4, 0.5) is 5.82 Å². The quantitative estimate of drug-likeness (QED) is 0.883. The molecule has 1 aromatic rings. The van der Waals surface area contributed by atoms with Crippen LogP contribution in [0.1, 0.15) is 12.8 Å². The maximum Gasteiger partial charge on any atom is 0.243 e. The van der Waals surface area contributed by atoms with E-state index in [2.05, 4.69) is 10.3 Å². The summed E-state index contributed by atoms with van der Waals surface area (Å²) in [5.41, 5.74) is 0. The maximum atomic E-state index is 12.5. The van der Waals surface area contributed by atoms with Crippen LogP contribution < -0.4 is 5.32 Å². The summed E-state index contributed by atoms with van der Waals surface area (Å²) in [7, 11) is -0.116. The van der Waals surface area contributed by atoms with Gasteiger partial charge in [0.05, 0.1) is 4.90 Å². The topological polar surface area (TPSA) is 71.5 Å². The standard InChI is InChI=1S/C13H21N3O3S/c1-14-13-9-12(3-6-15-13)20(17,18)16(2)10-11-4-7-19-8-5-11/h3,6,9,11H,4-5,7-8,10H2,1-2H3,(H,14,15). The minimum Gasteiger partial charge on any atom is -0.381 e. The molecule has 0 spiro atoms. The van der Waals surface area contributed by atoms with E-state index in [1.807, 2.05) is 0 Å². The molecule has 7 heteroatoms. The predicted octanol–water partition coefficient (Wildman–Crippen LogP) is 1.17. The SMILES string of the molecule is CNc1cc(S(=O)(=O)N(C)CC2CCOCC2)ccn1. The molecule has 0 atom stereocenters. The third kappa shape index (κ3) is 3.47. The zero-order valence-corrected chi connectivity index (χ0v) is 12.7. The van der Waals surface area contributed by atoms with Gasteiger partial charge in [-0.3, -0.25) is 0 Å². The van der Waals surface area contributed by atoms with Crippen LogP contribution in [-0.4, -0.2) is 51.6 Å². The summed E-state index contributed by atoms with van der Waals surface area (Å²) < 4.78 is 31.8. The number of anilines is 1. The number of rotatable bonds is 5. The highest BCUT2D eigenvalue weighted by molar-refractivity contribution is 7.89. The van der Waals surface area contributed by atoms with Crippen molar-refractivity contribution >= 4 is 15.8 Å². The van der Waals surface area contributed by atoms with Crippen LogP contribution >= 0.6 is 0 Å². The Kier molecular flexibility index (Phi) is 4.95. The minimum absolute atomic E-state index is 0.270. The average Bonchev–Trinajstić information content (AvgIpc) is 2.48. The van der Waals surface area contributed by atoms with E-state index in [0.29, 0.717) is 18.3 Å². The number of aromatic nitrogens is 1. The van der Waals surface area contributed by atoms with Crippen LogP contribution in [0.25, 0.3) is 0 Å². The van der Waals surface area contributed by atoms with Gasteiger partial charge in [-0.2, -0.15) is 0 Å². The fourth-order valence-corrected chi connectivity index (χ4v) is 3.54. The Bertz CT molecular complexity index is 542. The van der Waals surface area contributed by atoms with Crippen LogP contribution in [0.3, 0.4) is 0 Å². The molecule has 0 unspecified atom stereocenters. The zero-order chi connectivity index (χ0) is 14.6. The molecule has 6 nitrogen and oxygen atoms in total. The van der Waals surface area contributed by atoms with Gasteiger partial charge in [-0.05, 0) is 24.8 Å². The molecule has 1 aliphatic rings. The van der Waals surface area contributed by atoms with Crippen molar-refractivity contribution in [3.8, 4) is 0 Å². The molecule has 0 aromatic carbocycles. The van der Waals surface area contributed by atoms with Gasteiger partial charge in [0.1, 0.15) is 5.82 Å². The summed E-state index contributed by atoms with van der Waals surface area (Å²) in [5, 5.41) is 2.85. The zero-order valence-electron chi connectivity index (χ0n) is 11.9. The molecular weight excluding hydrogens is 278 g/mol. The lowest BCUT2D eigenvalue weighted by Gasteiger charge is -2.26. The molecule has 1 fully saturated rings. The Morgan fingerprint density at radius 1 is 1.45 bits per heavy atom. The van der Waals surface area contributed by atoms with Gasteiger partial charge in [-0.25, -0.2) is 17.7 Å². The second kappa shape index (κ2) is 6.51. The van der Waals surface area contributed by atoms with Crippen molar-refractivity contribution in [1.29, 1.82) is 0 Å². The number of ether oxygens (including phenoxy) is 1. The predicted molar refractivity (Wildman–Crippen MR) is 77.1 cm³/mol. The summed E-state index contributed by atoms with van der Waals surface area (Å²) in [6, 6.07) is 3.08. The fraction of sp³-hybridized carbons (Fsp3) is 0.615. The van der Waals surface area contributed by atoms with Crippen molar-refractivity contribution in [2.45, 2.75) is 17.7 Å². The number of hydrogen-bond donors (Lipinski definition) is 1. The summed E-state index contributed by atoms with van der Waals surface area (Å²) in [6.45, 7) is 1.97. The van der Waals surface area contributed by atoms with Gasteiger partial charge in [0.25, 0.3) is 0 Å². The van der Waals surface area contributed by atoms with Crippen molar-refractivity contribution in [1.82, 2.24) is 9.29 Å². The van der Waals surface area contributed by atoms with Crippen molar-refractivity contribution in [2.75, 3.05) is 39.2 Å². The van der Waals surface area contributed by atoms with Gasteiger partial charge in [0.15, 0.2) is 0 Å². The summed E-state index contributed by atoms with van der Waals surface area (Å²) in [4.78, 5) is 4.31. The molecule has 1 aliphatic heterocycles. The van der Waals surface area contributed by atoms with Crippen molar-refractivity contribution in [3.05, 3.63) is 18.3 Å². The van der Waals surface area contributed by atoms with Gasteiger partial charge in [-0.15, -0.1) is 0 Å². The second-order valence-corrected chi connectivity index (χ2v) is 7.01. The lowest BCUT2D eigenvalue weighted by atomic mass is 10.0. The molecule has 0 radical (unpaired) electrons. The van der Waals surface area contributed by atoms with Gasteiger partial charge < -0.3 is 10.1 Å². The number of nitrogens with zero attached hydrogens (tertiary/aromatic N) is 2. The van der Waals surface area contributed by atoms with E-state index in [0.717, 1.165) is 26.1 Å². The van der Waals surface area contributed by atoms with Gasteiger partial charge in [0.2, 0.25) is 10.0 Å². The van der Waals surface area contributed by atoms with Gasteiger partial charge in [0, 0.05) is 46.1 Å². The van der Waals surface area contributed by atoms with E-state index in [-0.39, 0.29) is 4.90 Å². The van der Waals surface area contributed by atoms with E-state index < -0.39 is 10.0 Å². The van der Waals surface area contributed by atoms with E-state index in [1.54, 1.807) is 20.2 Å². The third-order valence-corrected chi connectivity index (χ3v) is 5.37. The highest BCUT2D eigenvalue weighted by atomic mass is 32.2. The molecule has 0 amide bonds. The Balaban J connectivity index is 2.11. The van der Waals surface area contributed by atoms with Crippen LogP contribution in [0.15, 0.2) is 23.2 Å². The molecule has 20 heavy (non-hydrogen) atoms. The van der Waals surface area contributed by atoms with Gasteiger partial charge >= 0.3 is 0 Å². The third-order valence-electron chi connectivity index (χ3n) is 3.55. The van der Waals surface area contributed by atoms with Crippen LogP contribution in [0, 0.1) is 5.92 Å². The highest BCUT2D eigenvalue weighted by Crippen LogP contribution is 2.21. The van der Waals surface area contributed by atoms with Crippen LogP contribution in [0.5, 0.6) is 0 Å². The smallest absolute Gasteiger partial charge is 0.243 e. The van der Waals surface area contributed by atoms with Crippen LogP contribution in [-0.2, 0) is 14.8 Å². The first kappa shape index (κ1) is 15.2. The molecule has 1 saturated heterocycles. The van der Waals surface area contributed by atoms with E-state index in [1.165, 1.54) is 16.6 Å². The average molecular weight is 299 g/mol. The first-order valence-electron chi connectivity index (χ1n) is 6.72. The molecule has 2 rings (SSSR count). The van der Waals surface area contributed by atoms with E-state index in [9.17, 15) is 8.42 Å². The second-order valence-electron chi connectivity index (χ2n) is 4.97. The van der Waals surface area contributed by atoms with Crippen molar-refractivity contribution < 1.29 is 13.2 Å². The highest BCUT2D eigenvalue weighted by Gasteiger charge is 2.25. The summed E-state index contributed by atoms with van der Waals surface area (Å²) in [6.07, 6.45) is 3.33. The van der Waals surface area contributed by atoms with Crippen molar-refractivity contribution in [3.63, 3.8) is 0 Å². The molecule has 2 heterocycles. The van der Waals surface area contributed by atoms with Crippen molar-refractivity contribution in [2.24, 2.45) is 5.92 Å². The van der Waals surface area contributed by atoms with E-state index >= 15 is 0 Å². The summed E-state index contributed by atoms with van der Waals surface area (Å²) >= 11 is 0. The Labute approximate surface area is 120 Å². The van der Waals surface area contributed by atoms with Crippen LogP contribution in [0.2, 0.25) is 0 Å². The number of sulfonamides is 1. The number of pyridine rings is 1. The lowest BCUT2D eigenvalue weighted by Crippen LogP contribution is -2.34. The molecule has 0 bridgehead atoms.